The number of phenols is 1. The Bertz CT molecular complexity index is 1010. The van der Waals surface area contributed by atoms with E-state index in [1.165, 1.54) is 0 Å². The van der Waals surface area contributed by atoms with Crippen LogP contribution in [0.15, 0.2) is 47.3 Å². The van der Waals surface area contributed by atoms with Crippen LogP contribution in [0.3, 0.4) is 0 Å². The normalized spacial score (nSPS) is 17.1. The molecule has 1 aliphatic heterocycles. The van der Waals surface area contributed by atoms with Gasteiger partial charge in [0.15, 0.2) is 0 Å². The summed E-state index contributed by atoms with van der Waals surface area (Å²) in [5.41, 5.74) is 1.81. The van der Waals surface area contributed by atoms with Crippen molar-refractivity contribution in [1.82, 2.24) is 9.78 Å². The monoisotopic (exact) mass is 419 g/mol. The zero-order valence-electron chi connectivity index (χ0n) is 15.4. The second-order valence-corrected chi connectivity index (χ2v) is 7.62. The van der Waals surface area contributed by atoms with Crippen molar-refractivity contribution >= 4 is 22.4 Å². The van der Waals surface area contributed by atoms with E-state index in [0.717, 1.165) is 49.0 Å². The van der Waals surface area contributed by atoms with E-state index in [-0.39, 0.29) is 29.8 Å². The standard InChI is InChI=1S/C21H22ClN3O2.ClH/c22-15-5-3-14(4-6-15)12-20-18-8-7-17(26)13-19(18)21(27)25(24-20)16-2-1-10-23-11-9-16;/h3-8,13,16,23,26H,1-2,9-12H2;1H. The third kappa shape index (κ3) is 4.32. The Labute approximate surface area is 174 Å². The van der Waals surface area contributed by atoms with Crippen LogP contribution < -0.4 is 23.3 Å². The lowest BCUT2D eigenvalue weighted by atomic mass is 10.0. The van der Waals surface area contributed by atoms with E-state index in [2.05, 4.69) is 5.32 Å². The van der Waals surface area contributed by atoms with Crippen LogP contribution >= 0.6 is 11.6 Å². The van der Waals surface area contributed by atoms with Gasteiger partial charge in [0.2, 0.25) is 0 Å². The smallest absolute Gasteiger partial charge is 0.275 e. The van der Waals surface area contributed by atoms with Gasteiger partial charge in [-0.1, -0.05) is 23.7 Å². The van der Waals surface area contributed by atoms with Crippen molar-refractivity contribution in [1.29, 1.82) is 0 Å². The van der Waals surface area contributed by atoms with Gasteiger partial charge >= 0.3 is 0 Å². The molecule has 0 saturated carbocycles. The van der Waals surface area contributed by atoms with Crippen molar-refractivity contribution in [3.05, 3.63) is 69.1 Å². The molecule has 1 atom stereocenters. The second-order valence-electron chi connectivity index (χ2n) is 7.18. The Morgan fingerprint density at radius 3 is 2.68 bits per heavy atom. The van der Waals surface area contributed by atoms with E-state index >= 15 is 0 Å². The summed E-state index contributed by atoms with van der Waals surface area (Å²) in [5, 5.41) is 19.0. The molecular weight excluding hydrogens is 397 g/mol. The summed E-state index contributed by atoms with van der Waals surface area (Å²) >= 11 is 6.00. The number of nitrogens with two attached hydrogens (primary N) is 1. The van der Waals surface area contributed by atoms with Gasteiger partial charge in [-0.3, -0.25) is 4.79 Å². The molecule has 28 heavy (non-hydrogen) atoms. The fourth-order valence-electron chi connectivity index (χ4n) is 3.83. The average molecular weight is 420 g/mol. The highest BCUT2D eigenvalue weighted by Crippen LogP contribution is 2.24. The van der Waals surface area contributed by atoms with Gasteiger partial charge in [-0.25, -0.2) is 4.68 Å². The summed E-state index contributed by atoms with van der Waals surface area (Å²) in [7, 11) is 0. The maximum atomic E-state index is 13.1. The molecule has 148 valence electrons. The quantitative estimate of drug-likeness (QED) is 0.608. The minimum atomic E-state index is -0.118. The first-order valence-electron chi connectivity index (χ1n) is 9.42. The van der Waals surface area contributed by atoms with E-state index in [0.29, 0.717) is 16.8 Å². The van der Waals surface area contributed by atoms with Gasteiger partial charge in [0.05, 0.1) is 30.2 Å². The van der Waals surface area contributed by atoms with E-state index < -0.39 is 0 Å². The molecule has 0 aliphatic carbocycles. The number of aromatic hydroxyl groups is 1. The highest BCUT2D eigenvalue weighted by molar-refractivity contribution is 6.30. The summed E-state index contributed by atoms with van der Waals surface area (Å²) in [6, 6.07) is 12.7. The third-order valence-electron chi connectivity index (χ3n) is 5.26. The van der Waals surface area contributed by atoms with Crippen LogP contribution in [0.4, 0.5) is 0 Å². The van der Waals surface area contributed by atoms with Crippen molar-refractivity contribution in [2.45, 2.75) is 31.7 Å². The topological polar surface area (TPSA) is 71.7 Å². The molecule has 5 nitrogen and oxygen atoms in total. The van der Waals surface area contributed by atoms with Gasteiger partial charge in [-0.15, -0.1) is 0 Å². The minimum Gasteiger partial charge on any atom is -1.00 e. The Morgan fingerprint density at radius 2 is 1.89 bits per heavy atom. The first kappa shape index (κ1) is 20.6. The molecule has 2 heterocycles. The predicted molar refractivity (Wildman–Crippen MR) is 106 cm³/mol. The number of fused-ring (bicyclic) bond motifs is 1. The van der Waals surface area contributed by atoms with Gasteiger partial charge in [-0.05, 0) is 48.7 Å². The molecule has 1 aromatic heterocycles. The Kier molecular flexibility index (Phi) is 6.60. The second kappa shape index (κ2) is 8.95. The molecule has 7 heteroatoms. The highest BCUT2D eigenvalue weighted by atomic mass is 35.5. The van der Waals surface area contributed by atoms with Crippen molar-refractivity contribution in [2.75, 3.05) is 13.1 Å². The molecule has 1 unspecified atom stereocenters. The number of hydrogen-bond acceptors (Lipinski definition) is 3. The van der Waals surface area contributed by atoms with Crippen LogP contribution in [-0.2, 0) is 6.42 Å². The molecule has 1 aliphatic rings. The molecule has 3 aromatic rings. The fraction of sp³-hybridized carbons (Fsp3) is 0.333. The number of nitrogens with zero attached hydrogens (tertiary/aromatic N) is 2. The SMILES string of the molecule is O=c1c2cc(O)ccc2c(Cc2ccc(Cl)cc2)nn1C1CCC[NH2+]CC1.[Cl-]. The van der Waals surface area contributed by atoms with Gasteiger partial charge < -0.3 is 22.8 Å². The van der Waals surface area contributed by atoms with Crippen LogP contribution in [0.1, 0.15) is 36.6 Å². The van der Waals surface area contributed by atoms with E-state index in [1.54, 1.807) is 22.9 Å². The van der Waals surface area contributed by atoms with Crippen LogP contribution in [0.2, 0.25) is 5.02 Å². The van der Waals surface area contributed by atoms with Crippen molar-refractivity contribution in [2.24, 2.45) is 0 Å². The summed E-state index contributed by atoms with van der Waals surface area (Å²) < 4.78 is 1.66. The maximum absolute atomic E-state index is 13.1. The summed E-state index contributed by atoms with van der Waals surface area (Å²) in [6.07, 6.45) is 3.56. The number of halogens is 2. The van der Waals surface area contributed by atoms with E-state index in [9.17, 15) is 9.90 Å². The van der Waals surface area contributed by atoms with Crippen molar-refractivity contribution in [3.8, 4) is 5.75 Å². The number of quaternary nitrogens is 1. The molecule has 1 saturated heterocycles. The summed E-state index contributed by atoms with van der Waals surface area (Å²) in [4.78, 5) is 13.1. The summed E-state index contributed by atoms with van der Waals surface area (Å²) in [6.45, 7) is 2.10. The van der Waals surface area contributed by atoms with Crippen molar-refractivity contribution < 1.29 is 22.8 Å². The van der Waals surface area contributed by atoms with Gasteiger partial charge in [0, 0.05) is 23.3 Å². The zero-order valence-corrected chi connectivity index (χ0v) is 17.0. The minimum absolute atomic E-state index is 0. The number of benzene rings is 2. The molecule has 1 fully saturated rings. The van der Waals surface area contributed by atoms with Gasteiger partial charge in [0.25, 0.3) is 5.56 Å². The number of hydrogen-bond donors (Lipinski definition) is 2. The molecule has 3 N–H and O–H groups in total. The highest BCUT2D eigenvalue weighted by Gasteiger charge is 2.21. The van der Waals surface area contributed by atoms with Gasteiger partial charge in [0.1, 0.15) is 5.75 Å². The Balaban J connectivity index is 0.00000225. The lowest BCUT2D eigenvalue weighted by Gasteiger charge is -2.18. The first-order chi connectivity index (χ1) is 13.1. The molecule has 0 bridgehead atoms. The van der Waals surface area contributed by atoms with E-state index in [4.69, 9.17) is 16.7 Å². The van der Waals surface area contributed by atoms with Crippen LogP contribution in [-0.4, -0.2) is 28.0 Å². The molecule has 0 radical (unpaired) electrons. The molecule has 0 amide bonds. The molecule has 4 rings (SSSR count). The lowest BCUT2D eigenvalue weighted by Crippen LogP contribution is -3.00. The lowest BCUT2D eigenvalue weighted by molar-refractivity contribution is -0.653. The number of rotatable bonds is 3. The maximum Gasteiger partial charge on any atom is 0.275 e. The van der Waals surface area contributed by atoms with Crippen LogP contribution in [0.25, 0.3) is 10.8 Å². The predicted octanol–water partition coefficient (Wildman–Crippen LogP) is -0.361. The van der Waals surface area contributed by atoms with Gasteiger partial charge in [-0.2, -0.15) is 5.10 Å². The average Bonchev–Trinajstić information content (AvgIpc) is 2.95. The molecule has 2 aromatic carbocycles. The molecular formula is C21H23Cl2N3O2. The third-order valence-corrected chi connectivity index (χ3v) is 5.51. The Morgan fingerprint density at radius 1 is 1.11 bits per heavy atom. The zero-order chi connectivity index (χ0) is 18.8. The largest absolute Gasteiger partial charge is 1.00 e. The number of aromatic nitrogens is 2. The fourth-order valence-corrected chi connectivity index (χ4v) is 3.95. The number of phenolic OH excluding ortho intramolecular Hbond substituents is 1. The van der Waals surface area contributed by atoms with Crippen LogP contribution in [0, 0.1) is 0 Å². The van der Waals surface area contributed by atoms with Crippen molar-refractivity contribution in [3.63, 3.8) is 0 Å². The summed E-state index contributed by atoms with van der Waals surface area (Å²) in [5.74, 6) is 0.101. The Hall–Kier alpha value is -2.08. The van der Waals surface area contributed by atoms with E-state index in [1.807, 2.05) is 24.3 Å². The molecule has 0 spiro atoms. The van der Waals surface area contributed by atoms with Crippen LogP contribution in [0.5, 0.6) is 5.75 Å². The first-order valence-corrected chi connectivity index (χ1v) is 9.80.